The Morgan fingerprint density at radius 2 is 1.61 bits per heavy atom. The van der Waals surface area contributed by atoms with Gasteiger partial charge in [0.15, 0.2) is 0 Å². The summed E-state index contributed by atoms with van der Waals surface area (Å²) in [5, 5.41) is 3.61. The minimum absolute atomic E-state index is 0.176. The number of benzene rings is 1. The lowest BCUT2D eigenvalue weighted by molar-refractivity contribution is 0.298. The molecule has 0 fully saturated rings. The van der Waals surface area contributed by atoms with Crippen LogP contribution in [0.25, 0.3) is 0 Å². The Labute approximate surface area is 112 Å². The van der Waals surface area contributed by atoms with Gasteiger partial charge in [-0.3, -0.25) is 0 Å². The molecule has 0 aliphatic carbocycles. The molecule has 1 rings (SSSR count). The van der Waals surface area contributed by atoms with Gasteiger partial charge in [-0.15, -0.1) is 0 Å². The van der Waals surface area contributed by atoms with Crippen LogP contribution in [0.2, 0.25) is 0 Å². The first kappa shape index (κ1) is 15.2. The quantitative estimate of drug-likeness (QED) is 0.837. The van der Waals surface area contributed by atoms with E-state index in [2.05, 4.69) is 70.3 Å². The molecule has 2 nitrogen and oxygen atoms in total. The summed E-state index contributed by atoms with van der Waals surface area (Å²) in [4.78, 5) is 0. The third-order valence-corrected chi connectivity index (χ3v) is 2.82. The predicted octanol–water partition coefficient (Wildman–Crippen LogP) is 3.49. The molecule has 0 heterocycles. The van der Waals surface area contributed by atoms with E-state index in [1.165, 1.54) is 5.56 Å². The van der Waals surface area contributed by atoms with Crippen LogP contribution in [0.4, 0.5) is 0 Å². The van der Waals surface area contributed by atoms with Crippen molar-refractivity contribution in [3.8, 4) is 0 Å². The van der Waals surface area contributed by atoms with Gasteiger partial charge in [0.1, 0.15) is 0 Å². The number of rotatable bonds is 5. The zero-order valence-electron chi connectivity index (χ0n) is 12.5. The lowest BCUT2D eigenvalue weighted by Crippen LogP contribution is -2.44. The van der Waals surface area contributed by atoms with Crippen molar-refractivity contribution in [2.75, 3.05) is 6.54 Å². The maximum absolute atomic E-state index is 6.06. The number of nitrogens with two attached hydrogens (primary N) is 1. The van der Waals surface area contributed by atoms with Crippen LogP contribution in [0.15, 0.2) is 30.3 Å². The largest absolute Gasteiger partial charge is 0.324 e. The van der Waals surface area contributed by atoms with Crippen LogP contribution >= 0.6 is 0 Å². The molecule has 0 aromatic heterocycles. The van der Waals surface area contributed by atoms with Gasteiger partial charge < -0.3 is 11.1 Å². The lowest BCUT2D eigenvalue weighted by Gasteiger charge is -2.30. The monoisotopic (exact) mass is 248 g/mol. The van der Waals surface area contributed by atoms with E-state index in [1.807, 2.05) is 0 Å². The first-order valence-corrected chi connectivity index (χ1v) is 6.75. The van der Waals surface area contributed by atoms with Gasteiger partial charge >= 0.3 is 0 Å². The molecule has 0 aliphatic rings. The van der Waals surface area contributed by atoms with E-state index >= 15 is 0 Å². The van der Waals surface area contributed by atoms with E-state index in [0.717, 1.165) is 13.0 Å². The van der Waals surface area contributed by atoms with E-state index in [9.17, 15) is 0 Å². The topological polar surface area (TPSA) is 38.0 Å². The SMILES string of the molecule is CC(C)(C)CC(NCC(C)(C)N)c1ccccc1. The molecule has 0 spiro atoms. The first-order valence-electron chi connectivity index (χ1n) is 6.75. The van der Waals surface area contributed by atoms with Crippen molar-refractivity contribution >= 4 is 0 Å². The Kier molecular flexibility index (Phi) is 4.94. The van der Waals surface area contributed by atoms with Gasteiger partial charge in [0, 0.05) is 18.1 Å². The first-order chi connectivity index (χ1) is 8.17. The second-order valence-corrected chi connectivity index (χ2v) is 7.10. The highest BCUT2D eigenvalue weighted by atomic mass is 15.0. The third-order valence-electron chi connectivity index (χ3n) is 2.82. The summed E-state index contributed by atoms with van der Waals surface area (Å²) < 4.78 is 0. The molecule has 3 N–H and O–H groups in total. The van der Waals surface area contributed by atoms with E-state index in [1.54, 1.807) is 0 Å². The van der Waals surface area contributed by atoms with Gasteiger partial charge in [0.05, 0.1) is 0 Å². The number of nitrogens with one attached hydrogen (secondary N) is 1. The van der Waals surface area contributed by atoms with Crippen LogP contribution in [0, 0.1) is 5.41 Å². The highest BCUT2D eigenvalue weighted by Gasteiger charge is 2.21. The molecular weight excluding hydrogens is 220 g/mol. The van der Waals surface area contributed by atoms with Gasteiger partial charge in [0.25, 0.3) is 0 Å². The second kappa shape index (κ2) is 5.85. The Morgan fingerprint density at radius 1 is 1.06 bits per heavy atom. The van der Waals surface area contributed by atoms with Gasteiger partial charge in [-0.25, -0.2) is 0 Å². The minimum Gasteiger partial charge on any atom is -0.324 e. The summed E-state index contributed by atoms with van der Waals surface area (Å²) in [6.07, 6.45) is 1.10. The van der Waals surface area contributed by atoms with Crippen LogP contribution in [-0.2, 0) is 0 Å². The number of hydrogen-bond donors (Lipinski definition) is 2. The molecule has 102 valence electrons. The summed E-state index contributed by atoms with van der Waals surface area (Å²) in [7, 11) is 0. The summed E-state index contributed by atoms with van der Waals surface area (Å²) in [5.41, 5.74) is 7.53. The zero-order valence-corrected chi connectivity index (χ0v) is 12.5. The van der Waals surface area contributed by atoms with Crippen molar-refractivity contribution in [3.63, 3.8) is 0 Å². The van der Waals surface area contributed by atoms with E-state index in [0.29, 0.717) is 11.5 Å². The lowest BCUT2D eigenvalue weighted by atomic mass is 9.85. The summed E-state index contributed by atoms with van der Waals surface area (Å²) in [6, 6.07) is 11.0. The molecular formula is C16H28N2. The summed E-state index contributed by atoms with van der Waals surface area (Å²) >= 11 is 0. The van der Waals surface area contributed by atoms with Gasteiger partial charge in [-0.05, 0) is 31.2 Å². The molecule has 1 aromatic carbocycles. The van der Waals surface area contributed by atoms with Gasteiger partial charge in [-0.2, -0.15) is 0 Å². The molecule has 2 heteroatoms. The van der Waals surface area contributed by atoms with Crippen LogP contribution in [0.5, 0.6) is 0 Å². The summed E-state index contributed by atoms with van der Waals surface area (Å²) in [6.45, 7) is 11.8. The molecule has 18 heavy (non-hydrogen) atoms. The molecule has 0 saturated carbocycles. The Balaban J connectivity index is 2.76. The van der Waals surface area contributed by atoms with Crippen LogP contribution < -0.4 is 11.1 Å². The van der Waals surface area contributed by atoms with Crippen molar-refractivity contribution in [1.82, 2.24) is 5.32 Å². The predicted molar refractivity (Wildman–Crippen MR) is 79.5 cm³/mol. The molecule has 1 unspecified atom stereocenters. The second-order valence-electron chi connectivity index (χ2n) is 7.10. The average molecular weight is 248 g/mol. The molecule has 0 aliphatic heterocycles. The van der Waals surface area contributed by atoms with E-state index < -0.39 is 0 Å². The maximum Gasteiger partial charge on any atom is 0.0326 e. The fraction of sp³-hybridized carbons (Fsp3) is 0.625. The molecule has 1 atom stereocenters. The highest BCUT2D eigenvalue weighted by Crippen LogP contribution is 2.29. The molecule has 0 saturated heterocycles. The Morgan fingerprint density at radius 3 is 2.06 bits per heavy atom. The molecule has 0 bridgehead atoms. The van der Waals surface area contributed by atoms with Crippen molar-refractivity contribution in [2.45, 2.75) is 52.6 Å². The fourth-order valence-electron chi connectivity index (χ4n) is 1.99. The fourth-order valence-corrected chi connectivity index (χ4v) is 1.99. The molecule has 0 radical (unpaired) electrons. The van der Waals surface area contributed by atoms with Crippen LogP contribution in [-0.4, -0.2) is 12.1 Å². The van der Waals surface area contributed by atoms with Crippen molar-refractivity contribution in [2.24, 2.45) is 11.1 Å². The standard InChI is InChI=1S/C16H28N2/c1-15(2,3)11-14(18-12-16(4,5)17)13-9-7-6-8-10-13/h6-10,14,18H,11-12,17H2,1-5H3. The van der Waals surface area contributed by atoms with E-state index in [4.69, 9.17) is 5.73 Å². The Bertz CT molecular complexity index is 344. The van der Waals surface area contributed by atoms with Crippen LogP contribution in [0.1, 0.15) is 52.6 Å². The smallest absolute Gasteiger partial charge is 0.0326 e. The third kappa shape index (κ3) is 6.18. The van der Waals surface area contributed by atoms with E-state index in [-0.39, 0.29) is 5.54 Å². The van der Waals surface area contributed by atoms with Crippen molar-refractivity contribution in [1.29, 1.82) is 0 Å². The normalized spacial score (nSPS) is 14.6. The zero-order chi connectivity index (χ0) is 13.8. The number of hydrogen-bond acceptors (Lipinski definition) is 2. The molecule has 0 amide bonds. The maximum atomic E-state index is 6.06. The summed E-state index contributed by atoms with van der Waals surface area (Å²) in [5.74, 6) is 0. The molecule has 1 aromatic rings. The van der Waals surface area contributed by atoms with Gasteiger partial charge in [0.2, 0.25) is 0 Å². The average Bonchev–Trinajstić information content (AvgIpc) is 2.23. The van der Waals surface area contributed by atoms with Crippen molar-refractivity contribution < 1.29 is 0 Å². The Hall–Kier alpha value is -0.860. The van der Waals surface area contributed by atoms with Crippen LogP contribution in [0.3, 0.4) is 0 Å². The van der Waals surface area contributed by atoms with Crippen molar-refractivity contribution in [3.05, 3.63) is 35.9 Å². The minimum atomic E-state index is -0.176. The highest BCUT2D eigenvalue weighted by molar-refractivity contribution is 5.19. The van der Waals surface area contributed by atoms with Gasteiger partial charge in [-0.1, -0.05) is 51.1 Å².